The van der Waals surface area contributed by atoms with E-state index in [1.807, 2.05) is 31.2 Å². The van der Waals surface area contributed by atoms with Crippen LogP contribution < -0.4 is 10.4 Å². The zero-order chi connectivity index (χ0) is 18.2. The molecule has 0 aliphatic carbocycles. The van der Waals surface area contributed by atoms with E-state index < -0.39 is 20.8 Å². The van der Waals surface area contributed by atoms with Gasteiger partial charge in [-0.3, -0.25) is 15.2 Å². The number of hydrogen-bond acceptors (Lipinski definition) is 5. The lowest BCUT2D eigenvalue weighted by Crippen LogP contribution is -2.45. The van der Waals surface area contributed by atoms with Gasteiger partial charge in [0.15, 0.2) is 0 Å². The van der Waals surface area contributed by atoms with Gasteiger partial charge >= 0.3 is 10.0 Å². The van der Waals surface area contributed by atoms with Crippen molar-refractivity contribution in [2.24, 2.45) is 4.58 Å². The van der Waals surface area contributed by atoms with Crippen molar-refractivity contribution >= 4 is 33.2 Å². The number of nitroso groups, excluding NO2 is 1. The van der Waals surface area contributed by atoms with Gasteiger partial charge < -0.3 is 0 Å². The summed E-state index contributed by atoms with van der Waals surface area (Å²) in [6.45, 7) is 1.97. The van der Waals surface area contributed by atoms with Gasteiger partial charge in [0, 0.05) is 5.56 Å². The van der Waals surface area contributed by atoms with Crippen molar-refractivity contribution in [3.63, 3.8) is 0 Å². The van der Waals surface area contributed by atoms with Crippen LogP contribution in [0.1, 0.15) is 22.8 Å². The van der Waals surface area contributed by atoms with Gasteiger partial charge in [0.1, 0.15) is 4.90 Å². The zero-order valence-corrected chi connectivity index (χ0v) is 14.7. The molecule has 0 spiro atoms. The third-order valence-electron chi connectivity index (χ3n) is 4.00. The van der Waals surface area contributed by atoms with Crippen LogP contribution in [0, 0.1) is 4.91 Å². The van der Waals surface area contributed by atoms with Crippen LogP contribution in [0.5, 0.6) is 0 Å². The van der Waals surface area contributed by atoms with Gasteiger partial charge in [-0.15, -0.1) is 4.91 Å². The molecule has 2 aromatic carbocycles. The first-order valence-electron chi connectivity index (χ1n) is 7.41. The Labute approximate surface area is 149 Å². The molecule has 1 atom stereocenters. The molecule has 0 fully saturated rings. The molecule has 25 heavy (non-hydrogen) atoms. The number of amides is 1. The Morgan fingerprint density at radius 1 is 1.28 bits per heavy atom. The largest absolute Gasteiger partial charge is 0.318 e. The summed E-state index contributed by atoms with van der Waals surface area (Å²) >= 11 is 5.80. The Bertz CT molecular complexity index is 962. The van der Waals surface area contributed by atoms with Crippen LogP contribution >= 0.6 is 11.6 Å². The summed E-state index contributed by atoms with van der Waals surface area (Å²) in [5.74, 6) is -0.512. The zero-order valence-electron chi connectivity index (χ0n) is 13.1. The van der Waals surface area contributed by atoms with E-state index in [-0.39, 0.29) is 16.6 Å². The predicted octanol–water partition coefficient (Wildman–Crippen LogP) is 2.89. The number of nitrogens with zero attached hydrogens (tertiary/aromatic N) is 2. The summed E-state index contributed by atoms with van der Waals surface area (Å²) in [5.41, 5.74) is 4.82. The second-order valence-electron chi connectivity index (χ2n) is 5.69. The smallest absolute Gasteiger partial charge is 0.282 e. The lowest BCUT2D eigenvalue weighted by Gasteiger charge is -2.25. The first kappa shape index (κ1) is 17.4. The molecule has 1 amide bonds. The number of rotatable bonds is 4. The van der Waals surface area contributed by atoms with Gasteiger partial charge in [0.25, 0.3) is 5.91 Å². The van der Waals surface area contributed by atoms with Crippen LogP contribution in [-0.4, -0.2) is 20.4 Å². The molecule has 1 aliphatic heterocycles. The highest BCUT2D eigenvalue weighted by molar-refractivity contribution is 7.90. The third kappa shape index (κ3) is 3.22. The van der Waals surface area contributed by atoms with Crippen LogP contribution in [-0.2, 0) is 16.4 Å². The van der Waals surface area contributed by atoms with Crippen molar-refractivity contribution in [2.45, 2.75) is 24.3 Å². The fraction of sp³-hybridized carbons (Fsp3) is 0.188. The monoisotopic (exact) mass is 379 g/mol. The van der Waals surface area contributed by atoms with Crippen molar-refractivity contribution in [1.82, 2.24) is 5.43 Å². The summed E-state index contributed by atoms with van der Waals surface area (Å²) in [6.07, 6.45) is 0.783. The number of benzene rings is 2. The maximum atomic E-state index is 12.5. The molecule has 130 valence electrons. The predicted molar refractivity (Wildman–Crippen MR) is 94.0 cm³/mol. The normalized spacial score (nSPS) is 16.4. The van der Waals surface area contributed by atoms with E-state index in [0.29, 0.717) is 0 Å². The molecule has 2 aromatic rings. The van der Waals surface area contributed by atoms with E-state index >= 15 is 0 Å². The Kier molecular flexibility index (Phi) is 4.49. The van der Waals surface area contributed by atoms with Crippen LogP contribution in [0.4, 0.5) is 5.69 Å². The van der Waals surface area contributed by atoms with Gasteiger partial charge in [-0.2, -0.15) is 8.42 Å². The van der Waals surface area contributed by atoms with Crippen LogP contribution in [0.2, 0.25) is 5.02 Å². The van der Waals surface area contributed by atoms with Gasteiger partial charge in [-0.1, -0.05) is 29.8 Å². The number of hydrogen-bond donors (Lipinski definition) is 1. The highest BCUT2D eigenvalue weighted by Crippen LogP contribution is 2.30. The number of halogens is 1. The van der Waals surface area contributed by atoms with E-state index in [2.05, 4.69) is 10.0 Å². The molecule has 0 bridgehead atoms. The van der Waals surface area contributed by atoms with Gasteiger partial charge in [-0.05, 0) is 43.2 Å². The molecule has 1 unspecified atom stereocenters. The molecule has 0 saturated heterocycles. The van der Waals surface area contributed by atoms with E-state index in [4.69, 9.17) is 11.6 Å². The van der Waals surface area contributed by atoms with Crippen molar-refractivity contribution < 1.29 is 13.2 Å². The Balaban J connectivity index is 1.90. The fourth-order valence-electron chi connectivity index (χ4n) is 2.79. The molecular weight excluding hydrogens is 366 g/mol. The molecule has 0 aromatic heterocycles. The summed E-state index contributed by atoms with van der Waals surface area (Å²) in [6, 6.07) is 11.4. The second kappa shape index (κ2) is 6.45. The lowest BCUT2D eigenvalue weighted by molar-refractivity contribution is 0.0946. The van der Waals surface area contributed by atoms with Crippen molar-refractivity contribution in [2.75, 3.05) is 5.01 Å². The van der Waals surface area contributed by atoms with Crippen LogP contribution in [0.15, 0.2) is 51.9 Å². The summed E-state index contributed by atoms with van der Waals surface area (Å²) in [4.78, 5) is 22.6. The SMILES string of the molecule is CC1Cc2ccccc2N1NC(=O)c1ccc(Cl)c(S(=O)(=O)N=O)c1. The summed E-state index contributed by atoms with van der Waals surface area (Å²) < 4.78 is 25.4. The Morgan fingerprint density at radius 2 is 2.00 bits per heavy atom. The standard InChI is InChI=1S/C16H14ClN3O4S/c1-10-8-11-4-2-3-5-14(11)20(10)18-16(21)12-6-7-13(17)15(9-12)25(23,24)19-22/h2-7,9-10H,8H2,1H3,(H,18,21). The van der Waals surface area contributed by atoms with E-state index in [0.717, 1.165) is 23.7 Å². The van der Waals surface area contributed by atoms with Gasteiger partial charge in [0.2, 0.25) is 0 Å². The maximum absolute atomic E-state index is 12.5. The molecule has 0 radical (unpaired) electrons. The molecule has 3 rings (SSSR count). The van der Waals surface area contributed by atoms with E-state index in [9.17, 15) is 18.1 Å². The first-order valence-corrected chi connectivity index (χ1v) is 9.22. The average molecular weight is 380 g/mol. The van der Waals surface area contributed by atoms with Crippen molar-refractivity contribution in [3.8, 4) is 0 Å². The Hall–Kier alpha value is -2.45. The third-order valence-corrected chi connectivity index (χ3v) is 5.53. The quantitative estimate of drug-likeness (QED) is 0.824. The summed E-state index contributed by atoms with van der Waals surface area (Å²) in [7, 11) is -4.43. The number of sulfonamides is 1. The topological polar surface area (TPSA) is 95.9 Å². The molecule has 1 heterocycles. The van der Waals surface area contributed by atoms with Crippen molar-refractivity contribution in [1.29, 1.82) is 0 Å². The second-order valence-corrected chi connectivity index (χ2v) is 7.63. The number of carbonyl (C=O) groups excluding carboxylic acids is 1. The van der Waals surface area contributed by atoms with Crippen molar-refractivity contribution in [3.05, 3.63) is 63.5 Å². The number of para-hydroxylation sites is 1. The molecule has 1 aliphatic rings. The minimum absolute atomic E-state index is 0.0495. The number of hydrazine groups is 1. The highest BCUT2D eigenvalue weighted by Gasteiger charge is 2.28. The van der Waals surface area contributed by atoms with E-state index in [1.165, 1.54) is 12.1 Å². The number of nitrogens with one attached hydrogen (secondary N) is 1. The molecule has 1 N–H and O–H groups in total. The van der Waals surface area contributed by atoms with Crippen LogP contribution in [0.3, 0.4) is 0 Å². The summed E-state index contributed by atoms with van der Waals surface area (Å²) in [5, 5.41) is 1.56. The molecular formula is C16H14ClN3O4S. The Morgan fingerprint density at radius 3 is 2.72 bits per heavy atom. The maximum Gasteiger partial charge on any atom is 0.318 e. The van der Waals surface area contributed by atoms with Crippen LogP contribution in [0.25, 0.3) is 0 Å². The molecule has 7 nitrogen and oxygen atoms in total. The minimum atomic E-state index is -4.43. The number of fused-ring (bicyclic) bond motifs is 1. The van der Waals surface area contributed by atoms with Gasteiger partial charge in [-0.25, -0.2) is 0 Å². The minimum Gasteiger partial charge on any atom is -0.282 e. The fourth-order valence-corrected chi connectivity index (χ4v) is 3.87. The number of carbonyl (C=O) groups is 1. The molecule has 0 saturated carbocycles. The average Bonchev–Trinajstić information content (AvgIpc) is 2.90. The van der Waals surface area contributed by atoms with E-state index in [1.54, 1.807) is 5.01 Å². The first-order chi connectivity index (χ1) is 11.8. The van der Waals surface area contributed by atoms with Gasteiger partial charge in [0.05, 0.1) is 21.3 Å². The number of anilines is 1. The lowest BCUT2D eigenvalue weighted by atomic mass is 10.1. The highest BCUT2D eigenvalue weighted by atomic mass is 35.5. The molecule has 9 heteroatoms.